The highest BCUT2D eigenvalue weighted by molar-refractivity contribution is 14.1. The van der Waals surface area contributed by atoms with Gasteiger partial charge in [0, 0.05) is 40.7 Å². The Morgan fingerprint density at radius 3 is 2.93 bits per heavy atom. The van der Waals surface area contributed by atoms with E-state index in [2.05, 4.69) is 79.7 Å². The summed E-state index contributed by atoms with van der Waals surface area (Å²) in [5.41, 5.74) is 4.95. The van der Waals surface area contributed by atoms with Gasteiger partial charge in [-0.05, 0) is 102 Å². The Labute approximate surface area is 260 Å². The summed E-state index contributed by atoms with van der Waals surface area (Å²) in [6, 6.07) is 14.7. The maximum absolute atomic E-state index is 9.57. The molecule has 3 aliphatic rings. The summed E-state index contributed by atoms with van der Waals surface area (Å²) in [6.07, 6.45) is 9.04. The van der Waals surface area contributed by atoms with Crippen LogP contribution in [0.3, 0.4) is 0 Å². The van der Waals surface area contributed by atoms with Crippen LogP contribution >= 0.6 is 22.6 Å². The normalized spacial score (nSPS) is 22.4. The van der Waals surface area contributed by atoms with Crippen LogP contribution in [-0.2, 0) is 24.5 Å². The minimum absolute atomic E-state index is 0.00562. The van der Waals surface area contributed by atoms with Crippen molar-refractivity contribution in [1.29, 1.82) is 0 Å². The number of halogens is 1. The lowest BCUT2D eigenvalue weighted by Gasteiger charge is -2.51. The zero-order valence-electron chi connectivity index (χ0n) is 24.0. The highest BCUT2D eigenvalue weighted by Gasteiger charge is 2.43. The van der Waals surface area contributed by atoms with Gasteiger partial charge in [0.15, 0.2) is 0 Å². The molecule has 3 saturated heterocycles. The van der Waals surface area contributed by atoms with E-state index >= 15 is 0 Å². The van der Waals surface area contributed by atoms with E-state index in [4.69, 9.17) is 9.47 Å². The Morgan fingerprint density at radius 2 is 2.12 bits per heavy atom. The first-order chi connectivity index (χ1) is 20.5. The lowest BCUT2D eigenvalue weighted by molar-refractivity contribution is -0.0809. The van der Waals surface area contributed by atoms with E-state index in [9.17, 15) is 5.11 Å². The van der Waals surface area contributed by atoms with Crippen LogP contribution in [0.5, 0.6) is 5.75 Å². The number of para-hydroxylation sites is 1. The number of aromatic nitrogens is 4. The molecule has 4 unspecified atom stereocenters. The highest BCUT2D eigenvalue weighted by atomic mass is 127. The molecule has 3 aliphatic heterocycles. The molecule has 0 radical (unpaired) electrons. The standard InChI is InChI=1S/C33H38IN5O3/c1-3-23-18-38-13-10-24(23)16-31(38)33(28-9-11-35-30-8-5-4-7-27(28)30)42-21-26-19-39(37-36-26)12-6-14-41-32-17-25(20-40)29(34)15-22(32)2/h3-5,7-9,11,15,17,19,23-24,31,33,40H,1,6,10,12-14,16,18,20-21H2,2H3/t23?,24?,31-,33?/m0/s1. The molecular formula is C33H38IN5O3. The first kappa shape index (κ1) is 29.2. The Kier molecular flexibility index (Phi) is 9.18. The van der Waals surface area contributed by atoms with Gasteiger partial charge < -0.3 is 14.6 Å². The van der Waals surface area contributed by atoms with Crippen LogP contribution in [0.25, 0.3) is 10.9 Å². The number of benzene rings is 2. The van der Waals surface area contributed by atoms with Crippen LogP contribution in [0.15, 0.2) is 67.5 Å². The molecular weight excluding hydrogens is 641 g/mol. The average Bonchev–Trinajstić information content (AvgIpc) is 3.48. The first-order valence-corrected chi connectivity index (χ1v) is 15.9. The molecule has 1 N–H and O–H groups in total. The Morgan fingerprint density at radius 1 is 1.24 bits per heavy atom. The lowest BCUT2D eigenvalue weighted by atomic mass is 9.73. The van der Waals surface area contributed by atoms with Crippen molar-refractivity contribution >= 4 is 33.5 Å². The maximum atomic E-state index is 9.57. The average molecular weight is 680 g/mol. The van der Waals surface area contributed by atoms with Crippen molar-refractivity contribution < 1.29 is 14.6 Å². The van der Waals surface area contributed by atoms with Gasteiger partial charge in [-0.2, -0.15) is 0 Å². The molecule has 7 rings (SSSR count). The molecule has 2 aromatic heterocycles. The zero-order valence-corrected chi connectivity index (χ0v) is 26.2. The monoisotopic (exact) mass is 679 g/mol. The number of aliphatic hydroxyl groups is 1. The van der Waals surface area contributed by atoms with Crippen LogP contribution in [0.2, 0.25) is 0 Å². The molecule has 0 aliphatic carbocycles. The molecule has 5 heterocycles. The number of rotatable bonds is 12. The third-order valence-corrected chi connectivity index (χ3v) is 9.80. The number of hydrogen-bond acceptors (Lipinski definition) is 7. The summed E-state index contributed by atoms with van der Waals surface area (Å²) in [4.78, 5) is 7.21. The molecule has 0 spiro atoms. The van der Waals surface area contributed by atoms with Crippen molar-refractivity contribution in [3.05, 3.63) is 93.5 Å². The minimum atomic E-state index is -0.0917. The molecule has 2 bridgehead atoms. The fourth-order valence-corrected chi connectivity index (χ4v) is 7.33. The summed E-state index contributed by atoms with van der Waals surface area (Å²) in [7, 11) is 0. The van der Waals surface area contributed by atoms with Crippen LogP contribution < -0.4 is 4.74 Å². The van der Waals surface area contributed by atoms with Crippen LogP contribution in [0, 0.1) is 22.3 Å². The number of nitrogens with zero attached hydrogens (tertiary/aromatic N) is 5. The van der Waals surface area contributed by atoms with Gasteiger partial charge >= 0.3 is 0 Å². The second kappa shape index (κ2) is 13.2. The summed E-state index contributed by atoms with van der Waals surface area (Å²) >= 11 is 2.24. The fourth-order valence-electron chi connectivity index (χ4n) is 6.54. The van der Waals surface area contributed by atoms with Gasteiger partial charge in [-0.3, -0.25) is 14.6 Å². The maximum Gasteiger partial charge on any atom is 0.122 e. The van der Waals surface area contributed by atoms with E-state index in [1.54, 1.807) is 0 Å². The number of piperidine rings is 3. The molecule has 42 heavy (non-hydrogen) atoms. The van der Waals surface area contributed by atoms with Gasteiger partial charge in [0.1, 0.15) is 11.4 Å². The van der Waals surface area contributed by atoms with Gasteiger partial charge in [-0.25, -0.2) is 0 Å². The van der Waals surface area contributed by atoms with Gasteiger partial charge in [-0.1, -0.05) is 29.5 Å². The molecule has 2 aromatic carbocycles. The van der Waals surface area contributed by atoms with Gasteiger partial charge in [0.25, 0.3) is 0 Å². The molecule has 9 heteroatoms. The molecule has 3 fully saturated rings. The van der Waals surface area contributed by atoms with Crippen LogP contribution in [-0.4, -0.2) is 55.7 Å². The number of aryl methyl sites for hydroxylation is 2. The Balaban J connectivity index is 1.11. The van der Waals surface area contributed by atoms with E-state index in [0.717, 1.165) is 63.0 Å². The number of pyridine rings is 1. The molecule has 220 valence electrons. The number of fused-ring (bicyclic) bond motifs is 4. The van der Waals surface area contributed by atoms with Gasteiger partial charge in [0.2, 0.25) is 0 Å². The van der Waals surface area contributed by atoms with Crippen LogP contribution in [0.1, 0.15) is 47.8 Å². The zero-order chi connectivity index (χ0) is 29.1. The predicted octanol–water partition coefficient (Wildman–Crippen LogP) is 5.86. The molecule has 8 nitrogen and oxygen atoms in total. The molecule has 0 saturated carbocycles. The third kappa shape index (κ3) is 6.24. The van der Waals surface area contributed by atoms with Gasteiger partial charge in [-0.15, -0.1) is 11.7 Å². The number of aliphatic hydroxyl groups excluding tert-OH is 1. The van der Waals surface area contributed by atoms with Crippen molar-refractivity contribution in [3.8, 4) is 5.75 Å². The van der Waals surface area contributed by atoms with Crippen molar-refractivity contribution in [3.63, 3.8) is 0 Å². The van der Waals surface area contributed by atoms with E-state index in [-0.39, 0.29) is 12.7 Å². The molecule has 0 amide bonds. The largest absolute Gasteiger partial charge is 0.493 e. The quantitative estimate of drug-likeness (QED) is 0.114. The van der Waals surface area contributed by atoms with Crippen molar-refractivity contribution in [2.75, 3.05) is 19.7 Å². The van der Waals surface area contributed by atoms with E-state index in [1.165, 1.54) is 12.0 Å². The SMILES string of the molecule is C=CC1CN2CCC1C[C@H]2C(OCc1cn(CCCOc2cc(CO)c(I)cc2C)nn1)c1ccnc2ccccc12. The van der Waals surface area contributed by atoms with E-state index in [1.807, 2.05) is 42.2 Å². The molecule has 5 atom stereocenters. The van der Waals surface area contributed by atoms with E-state index in [0.29, 0.717) is 37.6 Å². The Bertz CT molecular complexity index is 1540. The van der Waals surface area contributed by atoms with Gasteiger partial charge in [0.05, 0.1) is 37.6 Å². The van der Waals surface area contributed by atoms with E-state index < -0.39 is 0 Å². The number of ether oxygens (including phenoxy) is 2. The molecule has 4 aromatic rings. The second-order valence-electron chi connectivity index (χ2n) is 11.4. The lowest BCUT2D eigenvalue weighted by Crippen LogP contribution is -2.55. The van der Waals surface area contributed by atoms with Crippen molar-refractivity contribution in [2.45, 2.75) is 58.1 Å². The summed E-state index contributed by atoms with van der Waals surface area (Å²) < 4.78 is 15.7. The topological polar surface area (TPSA) is 85.5 Å². The highest BCUT2D eigenvalue weighted by Crippen LogP contribution is 2.43. The predicted molar refractivity (Wildman–Crippen MR) is 171 cm³/mol. The summed E-state index contributed by atoms with van der Waals surface area (Å²) in [5.74, 6) is 2.02. The number of hydrogen-bond donors (Lipinski definition) is 1. The summed E-state index contributed by atoms with van der Waals surface area (Å²) in [6.45, 7) is 9.93. The third-order valence-electron chi connectivity index (χ3n) is 8.79. The Hall–Kier alpha value is -2.86. The minimum Gasteiger partial charge on any atom is -0.493 e. The smallest absolute Gasteiger partial charge is 0.122 e. The fraction of sp³-hybridized carbons (Fsp3) is 0.424. The van der Waals surface area contributed by atoms with Crippen molar-refractivity contribution in [1.82, 2.24) is 24.9 Å². The summed E-state index contributed by atoms with van der Waals surface area (Å²) in [5, 5.41) is 19.5. The second-order valence-corrected chi connectivity index (χ2v) is 12.6. The first-order valence-electron chi connectivity index (χ1n) is 14.8. The van der Waals surface area contributed by atoms with Crippen LogP contribution in [0.4, 0.5) is 0 Å². The van der Waals surface area contributed by atoms with Crippen molar-refractivity contribution in [2.24, 2.45) is 11.8 Å².